The Hall–Kier alpha value is -2.16. The first-order valence-electron chi connectivity index (χ1n) is 7.14. The number of rotatable bonds is 1. The summed E-state index contributed by atoms with van der Waals surface area (Å²) in [6.45, 7) is 3.17. The summed E-state index contributed by atoms with van der Waals surface area (Å²) in [6.07, 6.45) is 1.63. The molecule has 1 aromatic carbocycles. The summed E-state index contributed by atoms with van der Waals surface area (Å²) in [4.78, 5) is 19.1. The molecule has 2 fully saturated rings. The molecule has 2 aliphatic rings. The summed E-state index contributed by atoms with van der Waals surface area (Å²) >= 11 is 1.36. The van der Waals surface area contributed by atoms with Crippen LogP contribution in [0.2, 0.25) is 0 Å². The molecule has 22 heavy (non-hydrogen) atoms. The molecule has 0 atom stereocenters. The molecule has 4 nitrogen and oxygen atoms in total. The van der Waals surface area contributed by atoms with E-state index in [1.807, 2.05) is 35.2 Å². The van der Waals surface area contributed by atoms with Gasteiger partial charge in [-0.1, -0.05) is 24.1 Å². The zero-order chi connectivity index (χ0) is 15.0. The van der Waals surface area contributed by atoms with Crippen molar-refractivity contribution in [2.45, 2.75) is 0 Å². The van der Waals surface area contributed by atoms with Gasteiger partial charge >= 0.3 is 0 Å². The Kier molecular flexibility index (Phi) is 3.21. The van der Waals surface area contributed by atoms with E-state index in [0.717, 1.165) is 31.9 Å². The number of likely N-dealkylation sites (tertiary alicyclic amines) is 1. The van der Waals surface area contributed by atoms with Crippen molar-refractivity contribution >= 4 is 17.2 Å². The highest BCUT2D eigenvalue weighted by atomic mass is 32.1. The second kappa shape index (κ2) is 5.24. The SMILES string of the molecule is O=C(c1cnc(C#Cc2ccccc2)s1)N1CC2(COC2)C1. The van der Waals surface area contributed by atoms with Crippen molar-refractivity contribution in [3.05, 3.63) is 52.0 Å². The molecule has 2 saturated heterocycles. The molecule has 0 N–H and O–H groups in total. The molecular formula is C17H14N2O2S. The molecule has 1 aromatic heterocycles. The maximum Gasteiger partial charge on any atom is 0.265 e. The second-order valence-electron chi connectivity index (χ2n) is 5.80. The fourth-order valence-corrected chi connectivity index (χ4v) is 3.45. The van der Waals surface area contributed by atoms with E-state index in [4.69, 9.17) is 4.74 Å². The van der Waals surface area contributed by atoms with Gasteiger partial charge in [0.2, 0.25) is 0 Å². The van der Waals surface area contributed by atoms with Crippen LogP contribution in [0, 0.1) is 17.3 Å². The highest BCUT2D eigenvalue weighted by molar-refractivity contribution is 7.14. The average molecular weight is 310 g/mol. The first-order chi connectivity index (χ1) is 10.7. The van der Waals surface area contributed by atoms with E-state index in [-0.39, 0.29) is 11.3 Å². The molecule has 3 heterocycles. The van der Waals surface area contributed by atoms with Crippen LogP contribution in [-0.4, -0.2) is 42.1 Å². The largest absolute Gasteiger partial charge is 0.380 e. The van der Waals surface area contributed by atoms with Gasteiger partial charge in [0.25, 0.3) is 5.91 Å². The van der Waals surface area contributed by atoms with Crippen LogP contribution in [0.5, 0.6) is 0 Å². The second-order valence-corrected chi connectivity index (χ2v) is 6.83. The number of ether oxygens (including phenoxy) is 1. The van der Waals surface area contributed by atoms with Gasteiger partial charge in [-0.2, -0.15) is 0 Å². The fraction of sp³-hybridized carbons (Fsp3) is 0.294. The minimum absolute atomic E-state index is 0.0581. The summed E-state index contributed by atoms with van der Waals surface area (Å²) in [5.74, 6) is 6.13. The maximum absolute atomic E-state index is 12.3. The predicted molar refractivity (Wildman–Crippen MR) is 83.7 cm³/mol. The van der Waals surface area contributed by atoms with E-state index in [1.54, 1.807) is 6.20 Å². The Morgan fingerprint density at radius 2 is 2.00 bits per heavy atom. The third-order valence-corrected chi connectivity index (χ3v) is 4.86. The Morgan fingerprint density at radius 1 is 1.23 bits per heavy atom. The number of benzene rings is 1. The molecule has 0 unspecified atom stereocenters. The highest BCUT2D eigenvalue weighted by Crippen LogP contribution is 2.38. The predicted octanol–water partition coefficient (Wildman–Crippen LogP) is 2.02. The molecular weight excluding hydrogens is 296 g/mol. The van der Waals surface area contributed by atoms with E-state index in [0.29, 0.717) is 9.88 Å². The van der Waals surface area contributed by atoms with Gasteiger partial charge in [-0.3, -0.25) is 4.79 Å². The Morgan fingerprint density at radius 3 is 2.68 bits per heavy atom. The standard InChI is InChI=1S/C17H14N2O2S/c20-16(19-9-17(10-19)11-21-12-17)14-8-18-15(22-14)7-6-13-4-2-1-3-5-13/h1-5,8H,9-12H2. The summed E-state index contributed by atoms with van der Waals surface area (Å²) < 4.78 is 5.23. The van der Waals surface area contributed by atoms with Crippen LogP contribution in [0.3, 0.4) is 0 Å². The zero-order valence-electron chi connectivity index (χ0n) is 11.9. The third-order valence-electron chi connectivity index (χ3n) is 3.96. The van der Waals surface area contributed by atoms with E-state index in [1.165, 1.54) is 11.3 Å². The van der Waals surface area contributed by atoms with Crippen LogP contribution < -0.4 is 0 Å². The van der Waals surface area contributed by atoms with Gasteiger partial charge in [0.15, 0.2) is 5.01 Å². The third kappa shape index (κ3) is 2.41. The number of aromatic nitrogens is 1. The lowest BCUT2D eigenvalue weighted by Gasteiger charge is -2.54. The van der Waals surface area contributed by atoms with Gasteiger partial charge in [-0.15, -0.1) is 11.3 Å². The van der Waals surface area contributed by atoms with Gasteiger partial charge in [0, 0.05) is 18.7 Å². The number of nitrogens with zero attached hydrogens (tertiary/aromatic N) is 2. The average Bonchev–Trinajstić information content (AvgIpc) is 2.92. The normalized spacial score (nSPS) is 18.1. The fourth-order valence-electron chi connectivity index (χ4n) is 2.71. The molecule has 110 valence electrons. The minimum Gasteiger partial charge on any atom is -0.380 e. The number of thiazole rings is 1. The van der Waals surface area contributed by atoms with Gasteiger partial charge in [0.1, 0.15) is 4.88 Å². The summed E-state index contributed by atoms with van der Waals surface area (Å²) in [7, 11) is 0. The Bertz CT molecular complexity index is 761. The van der Waals surface area contributed by atoms with Crippen molar-refractivity contribution in [2.75, 3.05) is 26.3 Å². The number of hydrogen-bond acceptors (Lipinski definition) is 4. The molecule has 5 heteroatoms. The molecule has 1 spiro atoms. The first-order valence-corrected chi connectivity index (χ1v) is 7.96. The Balaban J connectivity index is 1.43. The van der Waals surface area contributed by atoms with E-state index < -0.39 is 0 Å². The first kappa shape index (κ1) is 13.5. The van der Waals surface area contributed by atoms with Crippen molar-refractivity contribution < 1.29 is 9.53 Å². The number of carbonyl (C=O) groups is 1. The van der Waals surface area contributed by atoms with E-state index >= 15 is 0 Å². The van der Waals surface area contributed by atoms with Crippen LogP contribution in [0.1, 0.15) is 20.2 Å². The number of amides is 1. The van der Waals surface area contributed by atoms with Crippen molar-refractivity contribution in [3.63, 3.8) is 0 Å². The number of hydrogen-bond donors (Lipinski definition) is 0. The molecule has 0 bridgehead atoms. The lowest BCUT2D eigenvalue weighted by atomic mass is 9.78. The molecule has 4 rings (SSSR count). The van der Waals surface area contributed by atoms with Crippen molar-refractivity contribution in [3.8, 4) is 11.8 Å². The van der Waals surface area contributed by atoms with Crippen molar-refractivity contribution in [1.29, 1.82) is 0 Å². The molecule has 0 aliphatic carbocycles. The van der Waals surface area contributed by atoms with Crippen LogP contribution in [-0.2, 0) is 4.74 Å². The molecule has 1 amide bonds. The van der Waals surface area contributed by atoms with E-state index in [2.05, 4.69) is 16.8 Å². The van der Waals surface area contributed by atoms with Crippen LogP contribution in [0.4, 0.5) is 0 Å². The molecule has 0 radical (unpaired) electrons. The van der Waals surface area contributed by atoms with Gasteiger partial charge in [0.05, 0.1) is 24.8 Å². The van der Waals surface area contributed by atoms with Gasteiger partial charge in [-0.05, 0) is 18.1 Å². The van der Waals surface area contributed by atoms with Crippen molar-refractivity contribution in [1.82, 2.24) is 9.88 Å². The quantitative estimate of drug-likeness (QED) is 0.757. The lowest BCUT2D eigenvalue weighted by Crippen LogP contribution is -2.67. The van der Waals surface area contributed by atoms with Crippen LogP contribution in [0.15, 0.2) is 36.5 Å². The topological polar surface area (TPSA) is 42.4 Å². The summed E-state index contributed by atoms with van der Waals surface area (Å²) in [5, 5.41) is 0.675. The smallest absolute Gasteiger partial charge is 0.265 e. The molecule has 2 aromatic rings. The summed E-state index contributed by atoms with van der Waals surface area (Å²) in [6, 6.07) is 9.76. The number of carbonyl (C=O) groups excluding carboxylic acids is 1. The maximum atomic E-state index is 12.3. The zero-order valence-corrected chi connectivity index (χ0v) is 12.7. The highest BCUT2D eigenvalue weighted by Gasteiger charge is 2.50. The van der Waals surface area contributed by atoms with Gasteiger partial charge < -0.3 is 9.64 Å². The Labute approximate surface area is 132 Å². The van der Waals surface area contributed by atoms with Crippen LogP contribution >= 0.6 is 11.3 Å². The molecule has 2 aliphatic heterocycles. The van der Waals surface area contributed by atoms with Gasteiger partial charge in [-0.25, -0.2) is 4.98 Å². The van der Waals surface area contributed by atoms with Crippen molar-refractivity contribution in [2.24, 2.45) is 5.41 Å². The monoisotopic (exact) mass is 310 g/mol. The summed E-state index contributed by atoms with van der Waals surface area (Å²) in [5.41, 5.74) is 1.19. The van der Waals surface area contributed by atoms with E-state index in [9.17, 15) is 4.79 Å². The molecule has 0 saturated carbocycles. The van der Waals surface area contributed by atoms with Crippen LogP contribution in [0.25, 0.3) is 0 Å². The minimum atomic E-state index is 0.0581. The lowest BCUT2D eigenvalue weighted by molar-refractivity contribution is -0.176.